The van der Waals surface area contributed by atoms with E-state index in [1.165, 1.54) is 37.9 Å². The van der Waals surface area contributed by atoms with Crippen molar-refractivity contribution in [3.8, 4) is 11.5 Å². The predicted molar refractivity (Wildman–Crippen MR) is 105 cm³/mol. The third-order valence-corrected chi connectivity index (χ3v) is 5.22. The van der Waals surface area contributed by atoms with Crippen molar-refractivity contribution in [2.75, 3.05) is 40.0 Å². The fourth-order valence-corrected chi connectivity index (χ4v) is 3.62. The zero-order valence-electron chi connectivity index (χ0n) is 16.1. The van der Waals surface area contributed by atoms with Crippen LogP contribution in [0.5, 0.6) is 11.5 Å². The van der Waals surface area contributed by atoms with Crippen molar-refractivity contribution in [1.29, 1.82) is 0 Å². The first-order valence-corrected chi connectivity index (χ1v) is 9.83. The van der Waals surface area contributed by atoms with Gasteiger partial charge < -0.3 is 25.0 Å². The highest BCUT2D eigenvalue weighted by Gasteiger charge is 2.17. The quantitative estimate of drug-likeness (QED) is 0.444. The fraction of sp³-hybridized carbons (Fsp3) is 0.650. The zero-order valence-corrected chi connectivity index (χ0v) is 16.1. The molecule has 1 saturated heterocycles. The van der Waals surface area contributed by atoms with Crippen LogP contribution in [0.4, 0.5) is 0 Å². The van der Waals surface area contributed by atoms with Gasteiger partial charge in [0.15, 0.2) is 17.5 Å². The Morgan fingerprint density at radius 1 is 1.19 bits per heavy atom. The number of benzene rings is 1. The van der Waals surface area contributed by atoms with Gasteiger partial charge in [-0.05, 0) is 56.8 Å². The first-order valence-electron chi connectivity index (χ1n) is 9.83. The lowest BCUT2D eigenvalue weighted by Crippen LogP contribution is -2.41. The van der Waals surface area contributed by atoms with E-state index in [9.17, 15) is 0 Å². The van der Waals surface area contributed by atoms with E-state index in [4.69, 9.17) is 9.47 Å². The number of rotatable bonds is 7. The molecule has 3 rings (SSSR count). The molecule has 6 nitrogen and oxygen atoms in total. The molecule has 1 fully saturated rings. The highest BCUT2D eigenvalue weighted by Crippen LogP contribution is 2.32. The summed E-state index contributed by atoms with van der Waals surface area (Å²) in [5.41, 5.74) is 1.23. The summed E-state index contributed by atoms with van der Waals surface area (Å²) < 4.78 is 10.8. The molecule has 0 bridgehead atoms. The molecule has 1 atom stereocenters. The Morgan fingerprint density at radius 3 is 2.88 bits per heavy atom. The largest absolute Gasteiger partial charge is 0.454 e. The van der Waals surface area contributed by atoms with Crippen LogP contribution in [-0.4, -0.2) is 56.9 Å². The second kappa shape index (κ2) is 9.67. The summed E-state index contributed by atoms with van der Waals surface area (Å²) in [6, 6.07) is 6.86. The Balaban J connectivity index is 1.32. The maximum atomic E-state index is 5.43. The third-order valence-electron chi connectivity index (χ3n) is 5.22. The molecule has 0 amide bonds. The smallest absolute Gasteiger partial charge is 0.231 e. The first-order chi connectivity index (χ1) is 12.8. The Bertz CT molecular complexity index is 605. The van der Waals surface area contributed by atoms with E-state index in [0.29, 0.717) is 6.79 Å². The molecule has 2 heterocycles. The van der Waals surface area contributed by atoms with Crippen LogP contribution < -0.4 is 20.1 Å². The van der Waals surface area contributed by atoms with Crippen LogP contribution in [0.2, 0.25) is 0 Å². The molecule has 1 aromatic carbocycles. The highest BCUT2D eigenvalue weighted by molar-refractivity contribution is 5.79. The van der Waals surface area contributed by atoms with Crippen molar-refractivity contribution in [2.24, 2.45) is 4.99 Å². The molecule has 0 aromatic heterocycles. The van der Waals surface area contributed by atoms with Crippen molar-refractivity contribution in [3.05, 3.63) is 23.8 Å². The monoisotopic (exact) mass is 360 g/mol. The highest BCUT2D eigenvalue weighted by atomic mass is 16.7. The molecule has 2 N–H and O–H groups in total. The Hall–Kier alpha value is -1.95. The van der Waals surface area contributed by atoms with Gasteiger partial charge in [0.05, 0.1) is 0 Å². The van der Waals surface area contributed by atoms with Gasteiger partial charge in [-0.15, -0.1) is 0 Å². The third kappa shape index (κ3) is 5.27. The predicted octanol–water partition coefficient (Wildman–Crippen LogP) is 2.39. The van der Waals surface area contributed by atoms with Crippen LogP contribution in [0.1, 0.15) is 38.2 Å². The van der Waals surface area contributed by atoms with Gasteiger partial charge in [0, 0.05) is 32.7 Å². The Kier molecular flexibility index (Phi) is 7.00. The minimum atomic E-state index is 0.323. The minimum Gasteiger partial charge on any atom is -0.454 e. The summed E-state index contributed by atoms with van der Waals surface area (Å²) >= 11 is 0. The van der Waals surface area contributed by atoms with Crippen LogP contribution in [0.3, 0.4) is 0 Å². The van der Waals surface area contributed by atoms with Gasteiger partial charge in [-0.2, -0.15) is 0 Å². The van der Waals surface area contributed by atoms with E-state index in [2.05, 4.69) is 39.6 Å². The van der Waals surface area contributed by atoms with Crippen LogP contribution in [0.15, 0.2) is 23.2 Å². The fourth-order valence-electron chi connectivity index (χ4n) is 3.62. The average molecular weight is 361 g/mol. The number of ether oxygens (including phenoxy) is 2. The topological polar surface area (TPSA) is 58.1 Å². The zero-order chi connectivity index (χ0) is 18.2. The minimum absolute atomic E-state index is 0.323. The molecule has 1 aromatic rings. The van der Waals surface area contributed by atoms with Gasteiger partial charge >= 0.3 is 0 Å². The maximum absolute atomic E-state index is 5.43. The van der Waals surface area contributed by atoms with Crippen molar-refractivity contribution in [3.63, 3.8) is 0 Å². The van der Waals surface area contributed by atoms with Gasteiger partial charge in [-0.3, -0.25) is 4.99 Å². The number of piperidine rings is 1. The summed E-state index contributed by atoms with van der Waals surface area (Å²) in [4.78, 5) is 6.92. The van der Waals surface area contributed by atoms with E-state index >= 15 is 0 Å². The van der Waals surface area contributed by atoms with Crippen LogP contribution >= 0.6 is 0 Å². The van der Waals surface area contributed by atoms with E-state index < -0.39 is 0 Å². The van der Waals surface area contributed by atoms with Crippen molar-refractivity contribution >= 4 is 5.96 Å². The lowest BCUT2D eigenvalue weighted by molar-refractivity contribution is 0.159. The number of likely N-dealkylation sites (tertiary alicyclic amines) is 1. The van der Waals surface area contributed by atoms with Gasteiger partial charge in [0.2, 0.25) is 6.79 Å². The van der Waals surface area contributed by atoms with Crippen LogP contribution in [0, 0.1) is 0 Å². The van der Waals surface area contributed by atoms with Crippen LogP contribution in [0.25, 0.3) is 0 Å². The maximum Gasteiger partial charge on any atom is 0.231 e. The second-order valence-corrected chi connectivity index (χ2v) is 7.10. The molecule has 6 heteroatoms. The number of fused-ring (bicyclic) bond motifs is 1. The SMILES string of the molecule is CN=C(NCCCN1CCCCC1C)NCCc1ccc2c(c1)OCO2. The molecule has 2 aliphatic rings. The first kappa shape index (κ1) is 18.8. The molecule has 144 valence electrons. The van der Waals surface area contributed by atoms with Crippen molar-refractivity contribution < 1.29 is 9.47 Å². The Labute approximate surface area is 157 Å². The van der Waals surface area contributed by atoms with Crippen LogP contribution in [-0.2, 0) is 6.42 Å². The number of hydrogen-bond acceptors (Lipinski definition) is 4. The number of nitrogens with zero attached hydrogens (tertiary/aromatic N) is 2. The van der Waals surface area contributed by atoms with Gasteiger partial charge in [-0.1, -0.05) is 12.5 Å². The summed E-state index contributed by atoms with van der Waals surface area (Å²) in [6.45, 7) is 6.88. The summed E-state index contributed by atoms with van der Waals surface area (Å²) in [5, 5.41) is 6.81. The van der Waals surface area contributed by atoms with Crippen molar-refractivity contribution in [2.45, 2.75) is 45.1 Å². The number of hydrogen-bond donors (Lipinski definition) is 2. The molecule has 0 radical (unpaired) electrons. The number of guanidine groups is 1. The molecule has 0 spiro atoms. The van der Waals surface area contributed by atoms with E-state index in [1.807, 2.05) is 13.1 Å². The molecular formula is C20H32N4O2. The second-order valence-electron chi connectivity index (χ2n) is 7.10. The molecular weight excluding hydrogens is 328 g/mol. The molecule has 1 unspecified atom stereocenters. The van der Waals surface area contributed by atoms with Gasteiger partial charge in [-0.25, -0.2) is 0 Å². The molecule has 26 heavy (non-hydrogen) atoms. The summed E-state index contributed by atoms with van der Waals surface area (Å²) in [7, 11) is 1.82. The summed E-state index contributed by atoms with van der Waals surface area (Å²) in [5.74, 6) is 2.55. The molecule has 2 aliphatic heterocycles. The average Bonchev–Trinajstić information content (AvgIpc) is 3.13. The van der Waals surface area contributed by atoms with Crippen molar-refractivity contribution in [1.82, 2.24) is 15.5 Å². The number of nitrogens with one attached hydrogen (secondary N) is 2. The standard InChI is InChI=1S/C20H32N4O2/c1-16-6-3-4-12-24(16)13-5-10-22-20(21-2)23-11-9-17-7-8-18-19(14-17)26-15-25-18/h7-8,14,16H,3-6,9-13,15H2,1-2H3,(H2,21,22,23). The van der Waals surface area contributed by atoms with Gasteiger partial charge in [0.25, 0.3) is 0 Å². The normalized spacial score (nSPS) is 20.2. The molecule has 0 saturated carbocycles. The lowest BCUT2D eigenvalue weighted by Gasteiger charge is -2.33. The Morgan fingerprint density at radius 2 is 2.04 bits per heavy atom. The van der Waals surface area contributed by atoms with E-state index in [1.54, 1.807) is 0 Å². The van der Waals surface area contributed by atoms with E-state index in [-0.39, 0.29) is 0 Å². The summed E-state index contributed by atoms with van der Waals surface area (Å²) in [6.07, 6.45) is 6.14. The van der Waals surface area contributed by atoms with Gasteiger partial charge in [0.1, 0.15) is 0 Å². The number of aliphatic imine (C=N–C) groups is 1. The molecule has 0 aliphatic carbocycles. The van der Waals surface area contributed by atoms with E-state index in [0.717, 1.165) is 49.4 Å². The lowest BCUT2D eigenvalue weighted by atomic mass is 10.0.